The van der Waals surface area contributed by atoms with E-state index in [1.54, 1.807) is 0 Å². The summed E-state index contributed by atoms with van der Waals surface area (Å²) in [4.78, 5) is 0. The van der Waals surface area contributed by atoms with Gasteiger partial charge in [0.25, 0.3) is 0 Å². The Kier molecular flexibility index (Phi) is 3.84. The van der Waals surface area contributed by atoms with Crippen LogP contribution in [0.1, 0.15) is 12.5 Å². The average Bonchev–Trinajstić information content (AvgIpc) is 2.15. The molecule has 0 saturated heterocycles. The molecule has 0 unspecified atom stereocenters. The van der Waals surface area contributed by atoms with E-state index in [2.05, 4.69) is 19.6 Å². The van der Waals surface area contributed by atoms with Gasteiger partial charge in [0, 0.05) is 5.03 Å². The molecule has 13 heavy (non-hydrogen) atoms. The smallest absolute Gasteiger partial charge is 0.123 e. The van der Waals surface area contributed by atoms with E-state index in [0.29, 0.717) is 11.6 Å². The van der Waals surface area contributed by atoms with E-state index < -0.39 is 0 Å². The van der Waals surface area contributed by atoms with E-state index in [4.69, 9.17) is 16.3 Å². The molecule has 0 radical (unpaired) electrons. The van der Waals surface area contributed by atoms with Crippen LogP contribution in [0.25, 0.3) is 0 Å². The molecule has 1 nitrogen and oxygen atoms in total. The Balaban J connectivity index is 2.61. The predicted molar refractivity (Wildman–Crippen MR) is 56.3 cm³/mol. The maximum atomic E-state index is 5.58. The molecule has 1 aromatic carbocycles. The summed E-state index contributed by atoms with van der Waals surface area (Å²) in [7, 11) is 0. The molecule has 0 heterocycles. The number of halogens is 1. The largest absolute Gasteiger partial charge is 0.488 e. The maximum Gasteiger partial charge on any atom is 0.123 e. The minimum atomic E-state index is 0.370. The second kappa shape index (κ2) is 4.93. The quantitative estimate of drug-likeness (QED) is 0.718. The summed E-state index contributed by atoms with van der Waals surface area (Å²) in [5, 5.41) is 0.516. The van der Waals surface area contributed by atoms with Crippen LogP contribution >= 0.6 is 11.6 Å². The minimum Gasteiger partial charge on any atom is -0.488 e. The fourth-order valence-corrected chi connectivity index (χ4v) is 1.07. The molecular formula is C11H13ClO. The second-order valence-electron chi connectivity index (χ2n) is 2.81. The van der Waals surface area contributed by atoms with Gasteiger partial charge in [-0.1, -0.05) is 37.2 Å². The molecule has 0 fully saturated rings. The van der Waals surface area contributed by atoms with Crippen molar-refractivity contribution in [1.29, 1.82) is 0 Å². The molecule has 0 N–H and O–H groups in total. The predicted octanol–water partition coefficient (Wildman–Crippen LogP) is 3.38. The van der Waals surface area contributed by atoms with Gasteiger partial charge in [-0.25, -0.2) is 0 Å². The summed E-state index contributed by atoms with van der Waals surface area (Å²) < 4.78 is 5.38. The summed E-state index contributed by atoms with van der Waals surface area (Å²) in [6, 6.07) is 7.98. The maximum absolute atomic E-state index is 5.58. The van der Waals surface area contributed by atoms with Crippen LogP contribution in [-0.4, -0.2) is 6.61 Å². The molecule has 1 rings (SSSR count). The highest BCUT2D eigenvalue weighted by Crippen LogP contribution is 2.14. The molecule has 0 aliphatic rings. The highest BCUT2D eigenvalue weighted by Gasteiger charge is 1.95. The lowest BCUT2D eigenvalue weighted by atomic mass is 10.2. The van der Waals surface area contributed by atoms with Gasteiger partial charge < -0.3 is 4.74 Å². The summed E-state index contributed by atoms with van der Waals surface area (Å²) in [6.07, 6.45) is 1.01. The number of benzene rings is 1. The van der Waals surface area contributed by atoms with Crippen molar-refractivity contribution in [2.75, 3.05) is 6.61 Å². The molecule has 0 bridgehead atoms. The van der Waals surface area contributed by atoms with Crippen molar-refractivity contribution >= 4 is 11.6 Å². The average molecular weight is 197 g/mol. The van der Waals surface area contributed by atoms with Crippen LogP contribution in [0, 0.1) is 0 Å². The van der Waals surface area contributed by atoms with Crippen molar-refractivity contribution in [3.8, 4) is 5.75 Å². The van der Waals surface area contributed by atoms with Crippen LogP contribution in [0.3, 0.4) is 0 Å². The molecule has 70 valence electrons. The first kappa shape index (κ1) is 10.1. The third-order valence-electron chi connectivity index (χ3n) is 1.70. The molecule has 0 aliphatic carbocycles. The van der Waals surface area contributed by atoms with Crippen molar-refractivity contribution in [1.82, 2.24) is 0 Å². The van der Waals surface area contributed by atoms with Gasteiger partial charge in [0.1, 0.15) is 12.4 Å². The minimum absolute atomic E-state index is 0.370. The van der Waals surface area contributed by atoms with Crippen molar-refractivity contribution in [3.05, 3.63) is 41.4 Å². The molecule has 0 spiro atoms. The highest BCUT2D eigenvalue weighted by atomic mass is 35.5. The second-order valence-corrected chi connectivity index (χ2v) is 3.34. The number of hydrogen-bond donors (Lipinski definition) is 0. The van der Waals surface area contributed by atoms with E-state index in [1.165, 1.54) is 5.56 Å². The normalized spacial score (nSPS) is 9.69. The lowest BCUT2D eigenvalue weighted by molar-refractivity contribution is 0.359. The van der Waals surface area contributed by atoms with Crippen LogP contribution < -0.4 is 4.74 Å². The fourth-order valence-electron chi connectivity index (χ4n) is 1.02. The number of rotatable bonds is 4. The fraction of sp³-hybridized carbons (Fsp3) is 0.273. The van der Waals surface area contributed by atoms with Crippen molar-refractivity contribution < 1.29 is 4.74 Å². The number of ether oxygens (including phenoxy) is 1. The SMILES string of the molecule is C=C(Cl)COc1cccc(CC)c1. The van der Waals surface area contributed by atoms with E-state index in [0.717, 1.165) is 12.2 Å². The molecule has 0 aliphatic heterocycles. The van der Waals surface area contributed by atoms with Crippen molar-refractivity contribution in [3.63, 3.8) is 0 Å². The Bertz CT molecular complexity index is 294. The topological polar surface area (TPSA) is 9.23 Å². The van der Waals surface area contributed by atoms with Gasteiger partial charge in [0.2, 0.25) is 0 Å². The Morgan fingerprint density at radius 3 is 2.92 bits per heavy atom. The Hall–Kier alpha value is -0.950. The summed E-state index contributed by atoms with van der Waals surface area (Å²) in [5.41, 5.74) is 1.26. The molecule has 0 aromatic heterocycles. The van der Waals surface area contributed by atoms with Gasteiger partial charge in [-0.3, -0.25) is 0 Å². The van der Waals surface area contributed by atoms with Gasteiger partial charge in [-0.15, -0.1) is 0 Å². The van der Waals surface area contributed by atoms with Gasteiger partial charge in [-0.2, -0.15) is 0 Å². The van der Waals surface area contributed by atoms with Gasteiger partial charge in [-0.05, 0) is 24.1 Å². The molecule has 1 aromatic rings. The zero-order valence-electron chi connectivity index (χ0n) is 7.72. The lowest BCUT2D eigenvalue weighted by Gasteiger charge is -2.05. The zero-order chi connectivity index (χ0) is 9.68. The van der Waals surface area contributed by atoms with Crippen LogP contribution in [0.15, 0.2) is 35.9 Å². The third-order valence-corrected chi connectivity index (χ3v) is 1.81. The van der Waals surface area contributed by atoms with E-state index in [-0.39, 0.29) is 0 Å². The Morgan fingerprint density at radius 2 is 2.31 bits per heavy atom. The lowest BCUT2D eigenvalue weighted by Crippen LogP contribution is -1.96. The van der Waals surface area contributed by atoms with E-state index in [9.17, 15) is 0 Å². The first-order chi connectivity index (χ1) is 6.22. The Labute approximate surface area is 84.0 Å². The first-order valence-electron chi connectivity index (χ1n) is 4.27. The van der Waals surface area contributed by atoms with Crippen LogP contribution in [0.4, 0.5) is 0 Å². The van der Waals surface area contributed by atoms with Gasteiger partial charge in [0.05, 0.1) is 0 Å². The molecule has 0 saturated carbocycles. The van der Waals surface area contributed by atoms with E-state index >= 15 is 0 Å². The van der Waals surface area contributed by atoms with Gasteiger partial charge >= 0.3 is 0 Å². The zero-order valence-corrected chi connectivity index (χ0v) is 8.47. The summed E-state index contributed by atoms with van der Waals surface area (Å²) in [5.74, 6) is 0.848. The summed E-state index contributed by atoms with van der Waals surface area (Å²) in [6.45, 7) is 6.03. The summed E-state index contributed by atoms with van der Waals surface area (Å²) >= 11 is 5.58. The van der Waals surface area contributed by atoms with Crippen LogP contribution in [0.5, 0.6) is 5.75 Å². The Morgan fingerprint density at radius 1 is 1.54 bits per heavy atom. The van der Waals surface area contributed by atoms with Gasteiger partial charge in [0.15, 0.2) is 0 Å². The van der Waals surface area contributed by atoms with Crippen molar-refractivity contribution in [2.24, 2.45) is 0 Å². The van der Waals surface area contributed by atoms with Crippen LogP contribution in [-0.2, 0) is 6.42 Å². The number of aryl methyl sites for hydroxylation is 1. The molecule has 2 heteroatoms. The molecule has 0 atom stereocenters. The molecular weight excluding hydrogens is 184 g/mol. The van der Waals surface area contributed by atoms with Crippen molar-refractivity contribution in [2.45, 2.75) is 13.3 Å². The third kappa shape index (κ3) is 3.51. The van der Waals surface area contributed by atoms with E-state index in [1.807, 2.05) is 18.2 Å². The number of hydrogen-bond acceptors (Lipinski definition) is 1. The first-order valence-corrected chi connectivity index (χ1v) is 4.65. The highest BCUT2D eigenvalue weighted by molar-refractivity contribution is 6.29. The standard InChI is InChI=1S/C11H13ClO/c1-3-10-5-4-6-11(7-10)13-8-9(2)12/h4-7H,2-3,8H2,1H3. The molecule has 0 amide bonds. The van der Waals surface area contributed by atoms with Crippen LogP contribution in [0.2, 0.25) is 0 Å². The monoisotopic (exact) mass is 196 g/mol.